The Balaban J connectivity index is 2.44. The third-order valence-corrected chi connectivity index (χ3v) is 3.80. The van der Waals surface area contributed by atoms with E-state index in [1.807, 2.05) is 25.1 Å². The van der Waals surface area contributed by atoms with Crippen molar-refractivity contribution in [3.63, 3.8) is 0 Å². The molecule has 2 rings (SSSR count). The summed E-state index contributed by atoms with van der Waals surface area (Å²) in [5.74, 6) is 0. The molecular weight excluding hydrogens is 302 g/mol. The third kappa shape index (κ3) is 2.68. The Hall–Kier alpha value is -0.900. The van der Waals surface area contributed by atoms with Crippen LogP contribution in [-0.2, 0) is 0 Å². The van der Waals surface area contributed by atoms with Crippen LogP contribution in [0.25, 0.3) is 0 Å². The predicted molar refractivity (Wildman–Crippen MR) is 72.2 cm³/mol. The minimum Gasteiger partial charge on any atom is -0.384 e. The number of pyridine rings is 1. The number of halogens is 2. The van der Waals surface area contributed by atoms with Gasteiger partial charge in [0.2, 0.25) is 0 Å². The lowest BCUT2D eigenvalue weighted by Gasteiger charge is -2.14. The number of nitrogens with zero attached hydrogens (tertiary/aromatic N) is 1. The summed E-state index contributed by atoms with van der Waals surface area (Å²) in [4.78, 5) is 4.07. The monoisotopic (exact) mass is 311 g/mol. The van der Waals surface area contributed by atoms with Crippen molar-refractivity contribution >= 4 is 27.5 Å². The molecular formula is C13H11BrClNO. The molecule has 1 atom stereocenters. The van der Waals surface area contributed by atoms with E-state index in [1.54, 1.807) is 18.5 Å². The quantitative estimate of drug-likeness (QED) is 0.912. The maximum atomic E-state index is 10.3. The van der Waals surface area contributed by atoms with Crippen molar-refractivity contribution in [1.29, 1.82) is 0 Å². The SMILES string of the molecule is Cc1cncc(C(O)c2cccc(Br)c2Cl)c1. The number of aryl methyl sites for hydroxylation is 1. The van der Waals surface area contributed by atoms with E-state index in [0.717, 1.165) is 15.6 Å². The summed E-state index contributed by atoms with van der Waals surface area (Å²) in [7, 11) is 0. The highest BCUT2D eigenvalue weighted by Gasteiger charge is 2.15. The molecule has 88 valence electrons. The summed E-state index contributed by atoms with van der Waals surface area (Å²) in [5, 5.41) is 10.8. The maximum absolute atomic E-state index is 10.3. The summed E-state index contributed by atoms with van der Waals surface area (Å²) in [6.07, 6.45) is 2.64. The molecule has 1 aromatic carbocycles. The van der Waals surface area contributed by atoms with Gasteiger partial charge in [0.25, 0.3) is 0 Å². The Morgan fingerprint density at radius 3 is 2.82 bits per heavy atom. The molecule has 2 nitrogen and oxygen atoms in total. The van der Waals surface area contributed by atoms with Gasteiger partial charge in [0.1, 0.15) is 6.10 Å². The van der Waals surface area contributed by atoms with E-state index in [9.17, 15) is 5.11 Å². The summed E-state index contributed by atoms with van der Waals surface area (Å²) in [5.41, 5.74) is 2.42. The average Bonchev–Trinajstić information content (AvgIpc) is 2.32. The Morgan fingerprint density at radius 2 is 2.12 bits per heavy atom. The van der Waals surface area contributed by atoms with Gasteiger partial charge >= 0.3 is 0 Å². The van der Waals surface area contributed by atoms with E-state index in [0.29, 0.717) is 10.6 Å². The zero-order chi connectivity index (χ0) is 12.4. The molecule has 1 aromatic heterocycles. The standard InChI is InChI=1S/C13H11BrClNO/c1-8-5-9(7-16-6-8)13(17)10-3-2-4-11(14)12(10)15/h2-7,13,17H,1H3. The molecule has 0 saturated carbocycles. The molecule has 0 aliphatic carbocycles. The molecule has 0 radical (unpaired) electrons. The highest BCUT2D eigenvalue weighted by atomic mass is 79.9. The number of hydrogen-bond donors (Lipinski definition) is 1. The first-order chi connectivity index (χ1) is 8.09. The number of benzene rings is 1. The zero-order valence-electron chi connectivity index (χ0n) is 9.19. The summed E-state index contributed by atoms with van der Waals surface area (Å²) >= 11 is 9.49. The molecule has 0 aliphatic heterocycles. The lowest BCUT2D eigenvalue weighted by molar-refractivity contribution is 0.220. The maximum Gasteiger partial charge on any atom is 0.107 e. The Kier molecular flexibility index (Phi) is 3.82. The highest BCUT2D eigenvalue weighted by molar-refractivity contribution is 9.10. The molecule has 0 aliphatic rings. The Bertz CT molecular complexity index is 545. The van der Waals surface area contributed by atoms with Gasteiger partial charge in [-0.15, -0.1) is 0 Å². The van der Waals surface area contributed by atoms with Gasteiger partial charge < -0.3 is 5.11 Å². The molecule has 17 heavy (non-hydrogen) atoms. The molecule has 2 aromatic rings. The number of aliphatic hydroxyl groups is 1. The van der Waals surface area contributed by atoms with Crippen molar-refractivity contribution in [2.24, 2.45) is 0 Å². The fourth-order valence-electron chi connectivity index (χ4n) is 1.64. The Morgan fingerprint density at radius 1 is 1.35 bits per heavy atom. The first-order valence-electron chi connectivity index (χ1n) is 5.13. The van der Waals surface area contributed by atoms with E-state index >= 15 is 0 Å². The van der Waals surface area contributed by atoms with Gasteiger partial charge in [-0.1, -0.05) is 29.8 Å². The second-order valence-electron chi connectivity index (χ2n) is 3.84. The van der Waals surface area contributed by atoms with Gasteiger partial charge in [0.05, 0.1) is 5.02 Å². The second-order valence-corrected chi connectivity index (χ2v) is 5.07. The third-order valence-electron chi connectivity index (χ3n) is 2.49. The van der Waals surface area contributed by atoms with Gasteiger partial charge in [-0.3, -0.25) is 4.98 Å². The van der Waals surface area contributed by atoms with Gasteiger partial charge in [-0.2, -0.15) is 0 Å². The zero-order valence-corrected chi connectivity index (χ0v) is 11.5. The molecule has 0 spiro atoms. The van der Waals surface area contributed by atoms with Gasteiger partial charge in [-0.25, -0.2) is 0 Å². The van der Waals surface area contributed by atoms with Crippen molar-refractivity contribution in [3.05, 3.63) is 62.8 Å². The molecule has 0 fully saturated rings. The van der Waals surface area contributed by atoms with Gasteiger partial charge in [-0.05, 0) is 34.5 Å². The molecule has 1 heterocycles. The lowest BCUT2D eigenvalue weighted by atomic mass is 10.0. The Labute approximate surface area is 113 Å². The van der Waals surface area contributed by atoms with Crippen molar-refractivity contribution < 1.29 is 5.11 Å². The first-order valence-corrected chi connectivity index (χ1v) is 6.30. The molecule has 0 bridgehead atoms. The normalized spacial score (nSPS) is 12.5. The number of hydrogen-bond acceptors (Lipinski definition) is 2. The topological polar surface area (TPSA) is 33.1 Å². The van der Waals surface area contributed by atoms with Crippen LogP contribution >= 0.6 is 27.5 Å². The summed E-state index contributed by atoms with van der Waals surface area (Å²) in [6, 6.07) is 7.39. The highest BCUT2D eigenvalue weighted by Crippen LogP contribution is 2.33. The largest absolute Gasteiger partial charge is 0.384 e. The number of aliphatic hydroxyl groups excluding tert-OH is 1. The van der Waals surface area contributed by atoms with Gasteiger partial charge in [0, 0.05) is 28.0 Å². The number of rotatable bonds is 2. The van der Waals surface area contributed by atoms with Crippen molar-refractivity contribution in [2.75, 3.05) is 0 Å². The van der Waals surface area contributed by atoms with E-state index in [2.05, 4.69) is 20.9 Å². The van der Waals surface area contributed by atoms with Crippen LogP contribution in [0.15, 0.2) is 41.1 Å². The minimum absolute atomic E-state index is 0.529. The molecule has 1 N–H and O–H groups in total. The lowest BCUT2D eigenvalue weighted by Crippen LogP contribution is -2.01. The minimum atomic E-state index is -0.757. The van der Waals surface area contributed by atoms with Crippen molar-refractivity contribution in [1.82, 2.24) is 4.98 Å². The van der Waals surface area contributed by atoms with E-state index in [-0.39, 0.29) is 0 Å². The van der Waals surface area contributed by atoms with Crippen LogP contribution in [0, 0.1) is 6.92 Å². The van der Waals surface area contributed by atoms with Gasteiger partial charge in [0.15, 0.2) is 0 Å². The molecule has 4 heteroatoms. The molecule has 0 amide bonds. The van der Waals surface area contributed by atoms with Crippen LogP contribution < -0.4 is 0 Å². The average molecular weight is 313 g/mol. The second kappa shape index (κ2) is 5.17. The smallest absolute Gasteiger partial charge is 0.107 e. The van der Waals surface area contributed by atoms with E-state index < -0.39 is 6.10 Å². The van der Waals surface area contributed by atoms with Crippen LogP contribution in [0.2, 0.25) is 5.02 Å². The summed E-state index contributed by atoms with van der Waals surface area (Å²) < 4.78 is 0.774. The summed E-state index contributed by atoms with van der Waals surface area (Å²) in [6.45, 7) is 1.94. The van der Waals surface area contributed by atoms with Crippen molar-refractivity contribution in [3.8, 4) is 0 Å². The van der Waals surface area contributed by atoms with Crippen LogP contribution in [0.1, 0.15) is 22.8 Å². The van der Waals surface area contributed by atoms with Crippen LogP contribution in [0.5, 0.6) is 0 Å². The molecule has 0 saturated heterocycles. The van der Waals surface area contributed by atoms with Crippen molar-refractivity contribution in [2.45, 2.75) is 13.0 Å². The van der Waals surface area contributed by atoms with Crippen LogP contribution in [0.3, 0.4) is 0 Å². The fourth-order valence-corrected chi connectivity index (χ4v) is 2.25. The molecule has 1 unspecified atom stereocenters. The fraction of sp³-hybridized carbons (Fsp3) is 0.154. The van der Waals surface area contributed by atoms with E-state index in [4.69, 9.17) is 11.6 Å². The van der Waals surface area contributed by atoms with E-state index in [1.165, 1.54) is 0 Å². The van der Waals surface area contributed by atoms with Crippen LogP contribution in [0.4, 0.5) is 0 Å². The predicted octanol–water partition coefficient (Wildman–Crippen LogP) is 3.89. The van der Waals surface area contributed by atoms with Crippen LogP contribution in [-0.4, -0.2) is 10.1 Å². The first kappa shape index (κ1) is 12.6. The number of aromatic nitrogens is 1.